The summed E-state index contributed by atoms with van der Waals surface area (Å²) < 4.78 is 6.03. The van der Waals surface area contributed by atoms with Crippen LogP contribution in [0.1, 0.15) is 59.1 Å². The van der Waals surface area contributed by atoms with Gasteiger partial charge in [-0.15, -0.1) is 0 Å². The molecule has 2 nitrogen and oxygen atoms in total. The summed E-state index contributed by atoms with van der Waals surface area (Å²) in [6.45, 7) is 13.6. The van der Waals surface area contributed by atoms with Crippen LogP contribution >= 0.6 is 12.2 Å². The molecule has 0 aliphatic rings. The van der Waals surface area contributed by atoms with Crippen molar-refractivity contribution in [3.8, 4) is 5.75 Å². The Labute approximate surface area is 135 Å². The number of ether oxygens (including phenoxy) is 1. The highest BCUT2D eigenvalue weighted by molar-refractivity contribution is 7.80. The summed E-state index contributed by atoms with van der Waals surface area (Å²) in [5.41, 5.74) is 8.27. The Kier molecular flexibility index (Phi) is 5.80. The van der Waals surface area contributed by atoms with Crippen molar-refractivity contribution in [1.29, 1.82) is 0 Å². The van der Waals surface area contributed by atoms with Crippen LogP contribution in [-0.4, -0.2) is 11.6 Å². The van der Waals surface area contributed by atoms with Crippen LogP contribution in [0.15, 0.2) is 18.2 Å². The molecule has 0 atom stereocenters. The number of aryl methyl sites for hydroxylation is 1. The van der Waals surface area contributed by atoms with Crippen LogP contribution in [0.5, 0.6) is 5.75 Å². The van der Waals surface area contributed by atoms with Crippen LogP contribution in [0.3, 0.4) is 0 Å². The minimum absolute atomic E-state index is 0.0687. The molecule has 0 radical (unpaired) electrons. The third kappa shape index (κ3) is 4.99. The summed E-state index contributed by atoms with van der Waals surface area (Å²) >= 11 is 5.10. The average Bonchev–Trinajstić information content (AvgIpc) is 2.37. The fourth-order valence-corrected chi connectivity index (χ4v) is 2.15. The first-order chi connectivity index (χ1) is 9.58. The molecule has 0 bridgehead atoms. The van der Waals surface area contributed by atoms with E-state index in [0.29, 0.717) is 11.6 Å². The van der Waals surface area contributed by atoms with Gasteiger partial charge in [0.1, 0.15) is 5.75 Å². The fourth-order valence-electron chi connectivity index (χ4n) is 2.05. The molecule has 0 fully saturated rings. The molecular weight excluding hydrogens is 278 g/mol. The van der Waals surface area contributed by atoms with Gasteiger partial charge < -0.3 is 10.5 Å². The molecule has 0 unspecified atom stereocenters. The molecule has 0 aromatic heterocycles. The first kappa shape index (κ1) is 18.0. The predicted molar refractivity (Wildman–Crippen MR) is 95.2 cm³/mol. The van der Waals surface area contributed by atoms with Crippen LogP contribution in [0.4, 0.5) is 0 Å². The van der Waals surface area contributed by atoms with E-state index < -0.39 is 0 Å². The Morgan fingerprint density at radius 3 is 2.29 bits per heavy atom. The molecule has 0 heterocycles. The molecule has 2 N–H and O–H groups in total. The lowest BCUT2D eigenvalue weighted by molar-refractivity contribution is 0.265. The lowest BCUT2D eigenvalue weighted by Gasteiger charge is -2.26. The van der Waals surface area contributed by atoms with E-state index >= 15 is 0 Å². The van der Waals surface area contributed by atoms with E-state index in [1.54, 1.807) is 0 Å². The molecule has 1 rings (SSSR count). The SMILES string of the molecule is CCc1ccc(OCCC(C)(C)C(N)=S)c(C(C)(C)C)c1. The first-order valence-electron chi connectivity index (χ1n) is 7.64. The van der Waals surface area contributed by atoms with Gasteiger partial charge in [0.15, 0.2) is 0 Å². The van der Waals surface area contributed by atoms with Crippen LogP contribution in [0, 0.1) is 5.41 Å². The summed E-state index contributed by atoms with van der Waals surface area (Å²) in [6, 6.07) is 6.49. The maximum absolute atomic E-state index is 6.03. The van der Waals surface area contributed by atoms with Gasteiger partial charge in [-0.1, -0.05) is 65.9 Å². The van der Waals surface area contributed by atoms with Gasteiger partial charge in [0, 0.05) is 5.41 Å². The zero-order chi connectivity index (χ0) is 16.3. The fraction of sp³-hybridized carbons (Fsp3) is 0.611. The topological polar surface area (TPSA) is 35.2 Å². The lowest BCUT2D eigenvalue weighted by atomic mass is 9.85. The molecule has 0 saturated heterocycles. The second kappa shape index (κ2) is 6.78. The molecule has 0 aliphatic carbocycles. The van der Waals surface area contributed by atoms with Gasteiger partial charge in [-0.25, -0.2) is 0 Å². The van der Waals surface area contributed by atoms with Gasteiger partial charge in [0.05, 0.1) is 11.6 Å². The molecular formula is C18H29NOS. The number of hydrogen-bond donors (Lipinski definition) is 1. The minimum atomic E-state index is -0.166. The van der Waals surface area contributed by atoms with E-state index in [1.165, 1.54) is 11.1 Å². The zero-order valence-electron chi connectivity index (χ0n) is 14.2. The number of rotatable bonds is 6. The van der Waals surface area contributed by atoms with Crippen molar-refractivity contribution in [2.24, 2.45) is 11.1 Å². The van der Waals surface area contributed by atoms with Gasteiger partial charge in [-0.05, 0) is 35.4 Å². The smallest absolute Gasteiger partial charge is 0.123 e. The first-order valence-corrected chi connectivity index (χ1v) is 8.05. The maximum atomic E-state index is 6.03. The van der Waals surface area contributed by atoms with Crippen LogP contribution in [-0.2, 0) is 11.8 Å². The Balaban J connectivity index is 2.87. The Morgan fingerprint density at radius 2 is 1.81 bits per heavy atom. The van der Waals surface area contributed by atoms with Crippen LogP contribution < -0.4 is 10.5 Å². The normalized spacial score (nSPS) is 12.3. The molecule has 1 aromatic rings. The Bertz CT molecular complexity index is 500. The highest BCUT2D eigenvalue weighted by Gasteiger charge is 2.23. The standard InChI is InChI=1S/C18H29NOS/c1-7-13-8-9-15(14(12-13)17(2,3)4)20-11-10-18(5,6)16(19)21/h8-9,12H,7,10-11H2,1-6H3,(H2,19,21). The highest BCUT2D eigenvalue weighted by Crippen LogP contribution is 2.33. The summed E-state index contributed by atoms with van der Waals surface area (Å²) in [7, 11) is 0. The van der Waals surface area contributed by atoms with Crippen molar-refractivity contribution < 1.29 is 4.74 Å². The van der Waals surface area contributed by atoms with Gasteiger partial charge in [0.25, 0.3) is 0 Å². The summed E-state index contributed by atoms with van der Waals surface area (Å²) in [5, 5.41) is 0. The van der Waals surface area contributed by atoms with E-state index in [1.807, 2.05) is 0 Å². The Morgan fingerprint density at radius 1 is 1.19 bits per heavy atom. The number of benzene rings is 1. The molecule has 0 amide bonds. The average molecular weight is 308 g/mol. The quantitative estimate of drug-likeness (QED) is 0.778. The van der Waals surface area contributed by atoms with E-state index in [-0.39, 0.29) is 10.8 Å². The predicted octanol–water partition coefficient (Wildman–Crippen LogP) is 4.63. The van der Waals surface area contributed by atoms with Crippen LogP contribution in [0.2, 0.25) is 0 Å². The molecule has 3 heteroatoms. The third-order valence-corrected chi connectivity index (χ3v) is 4.46. The molecule has 118 valence electrons. The molecule has 21 heavy (non-hydrogen) atoms. The van der Waals surface area contributed by atoms with Gasteiger partial charge in [0.2, 0.25) is 0 Å². The summed E-state index contributed by atoms with van der Waals surface area (Å²) in [4.78, 5) is 0.545. The molecule has 1 aromatic carbocycles. The maximum Gasteiger partial charge on any atom is 0.123 e. The van der Waals surface area contributed by atoms with Gasteiger partial charge in [-0.3, -0.25) is 0 Å². The van der Waals surface area contributed by atoms with Crippen molar-refractivity contribution in [3.63, 3.8) is 0 Å². The van der Waals surface area contributed by atoms with E-state index in [0.717, 1.165) is 18.6 Å². The molecule has 0 aliphatic heterocycles. The van der Waals surface area contributed by atoms with E-state index in [2.05, 4.69) is 59.7 Å². The molecule has 0 saturated carbocycles. The zero-order valence-corrected chi connectivity index (χ0v) is 15.1. The van der Waals surface area contributed by atoms with Crippen LogP contribution in [0.25, 0.3) is 0 Å². The van der Waals surface area contributed by atoms with Crippen molar-refractivity contribution in [2.45, 2.75) is 59.8 Å². The lowest BCUT2D eigenvalue weighted by Crippen LogP contribution is -2.31. The Hall–Kier alpha value is -1.09. The summed E-state index contributed by atoms with van der Waals surface area (Å²) in [6.07, 6.45) is 1.86. The number of thiocarbonyl (C=S) groups is 1. The van der Waals surface area contributed by atoms with E-state index in [4.69, 9.17) is 22.7 Å². The largest absolute Gasteiger partial charge is 0.493 e. The third-order valence-electron chi connectivity index (χ3n) is 3.91. The van der Waals surface area contributed by atoms with Crippen molar-refractivity contribution in [1.82, 2.24) is 0 Å². The second-order valence-electron chi connectivity index (χ2n) is 7.28. The monoisotopic (exact) mass is 307 g/mol. The highest BCUT2D eigenvalue weighted by atomic mass is 32.1. The summed E-state index contributed by atoms with van der Waals surface area (Å²) in [5.74, 6) is 0.971. The van der Waals surface area contributed by atoms with Gasteiger partial charge >= 0.3 is 0 Å². The van der Waals surface area contributed by atoms with Crippen molar-refractivity contribution >= 4 is 17.2 Å². The second-order valence-corrected chi connectivity index (χ2v) is 7.72. The van der Waals surface area contributed by atoms with Crippen molar-refractivity contribution in [3.05, 3.63) is 29.3 Å². The van der Waals surface area contributed by atoms with Gasteiger partial charge in [-0.2, -0.15) is 0 Å². The number of nitrogens with two attached hydrogens (primary N) is 1. The van der Waals surface area contributed by atoms with E-state index in [9.17, 15) is 0 Å². The molecule has 0 spiro atoms. The van der Waals surface area contributed by atoms with Crippen molar-refractivity contribution in [2.75, 3.05) is 6.61 Å². The minimum Gasteiger partial charge on any atom is -0.493 e. The number of hydrogen-bond acceptors (Lipinski definition) is 2.